The molecule has 0 rings (SSSR count). The van der Waals surface area contributed by atoms with Crippen LogP contribution in [0.5, 0.6) is 0 Å². The first-order valence-corrected chi connectivity index (χ1v) is 40.2. The molecule has 94 heavy (non-hydrogen) atoms. The first-order valence-electron chi connectivity index (χ1n) is 37.2. The van der Waals surface area contributed by atoms with Crippen molar-refractivity contribution < 1.29 is 80.2 Å². The third-order valence-corrected chi connectivity index (χ3v) is 17.5. The molecular formula is C75H134O17P2. The van der Waals surface area contributed by atoms with Crippen molar-refractivity contribution >= 4 is 39.5 Å². The van der Waals surface area contributed by atoms with E-state index in [0.717, 1.165) is 167 Å². The summed E-state index contributed by atoms with van der Waals surface area (Å²) in [6.45, 7) is 4.67. The van der Waals surface area contributed by atoms with Gasteiger partial charge in [0.1, 0.15) is 19.3 Å². The van der Waals surface area contributed by atoms with Crippen LogP contribution in [0, 0.1) is 0 Å². The van der Waals surface area contributed by atoms with Crippen molar-refractivity contribution in [3.8, 4) is 0 Å². The van der Waals surface area contributed by atoms with Crippen LogP contribution < -0.4 is 0 Å². The monoisotopic (exact) mass is 1370 g/mol. The summed E-state index contributed by atoms with van der Waals surface area (Å²) in [7, 11) is -9.94. The normalized spacial score (nSPS) is 14.4. The first-order chi connectivity index (χ1) is 45.7. The van der Waals surface area contributed by atoms with Crippen molar-refractivity contribution in [2.45, 2.75) is 341 Å². The zero-order chi connectivity index (χ0) is 69.0. The Morgan fingerprint density at radius 1 is 0.309 bits per heavy atom. The van der Waals surface area contributed by atoms with Gasteiger partial charge in [0, 0.05) is 25.7 Å². The minimum Gasteiger partial charge on any atom is -0.462 e. The number of hydrogen-bond acceptors (Lipinski definition) is 15. The zero-order valence-corrected chi connectivity index (χ0v) is 61.2. The van der Waals surface area contributed by atoms with E-state index in [1.54, 1.807) is 0 Å². The van der Waals surface area contributed by atoms with Gasteiger partial charge < -0.3 is 33.8 Å². The Labute approximate surface area is 571 Å². The molecule has 0 fully saturated rings. The maximum Gasteiger partial charge on any atom is 0.472 e. The van der Waals surface area contributed by atoms with E-state index < -0.39 is 97.5 Å². The van der Waals surface area contributed by atoms with E-state index >= 15 is 0 Å². The average molecular weight is 1370 g/mol. The molecule has 546 valence electrons. The van der Waals surface area contributed by atoms with Crippen molar-refractivity contribution in [3.63, 3.8) is 0 Å². The summed E-state index contributed by atoms with van der Waals surface area (Å²) in [6, 6.07) is 0. The van der Waals surface area contributed by atoms with Crippen molar-refractivity contribution in [3.05, 3.63) is 72.9 Å². The van der Waals surface area contributed by atoms with Gasteiger partial charge in [-0.1, -0.05) is 261 Å². The van der Waals surface area contributed by atoms with E-state index in [9.17, 15) is 43.2 Å². The van der Waals surface area contributed by atoms with Crippen LogP contribution in [0.1, 0.15) is 323 Å². The molecule has 0 amide bonds. The van der Waals surface area contributed by atoms with Crippen LogP contribution >= 0.6 is 15.6 Å². The fourth-order valence-corrected chi connectivity index (χ4v) is 11.6. The number of phosphoric ester groups is 2. The molecule has 5 atom stereocenters. The highest BCUT2D eigenvalue weighted by molar-refractivity contribution is 7.47. The minimum atomic E-state index is -4.97. The molecule has 19 heteroatoms. The summed E-state index contributed by atoms with van der Waals surface area (Å²) in [4.78, 5) is 72.7. The SMILES string of the molecule is CC/C=C\C/C=C\C/C=C\CCCCCCCC(=O)OCC(COP(=O)(O)OCC(O)COP(=O)(O)OCC(COC(=O)CCCCCCC/C=C\CCCCCCCC)OC(=O)CCCCCCCCCCCCC)OC(=O)CCCCCCC/C=C\C/C=C\CCC. The minimum absolute atomic E-state index is 0.0765. The number of carbonyl (C=O) groups excluding carboxylic acids is 4. The van der Waals surface area contributed by atoms with Gasteiger partial charge >= 0.3 is 39.5 Å². The number of esters is 4. The van der Waals surface area contributed by atoms with Crippen LogP contribution in [-0.2, 0) is 65.4 Å². The number of aliphatic hydroxyl groups is 1. The molecule has 0 aromatic heterocycles. The maximum absolute atomic E-state index is 13.0. The highest BCUT2D eigenvalue weighted by Gasteiger charge is 2.30. The number of ether oxygens (including phenoxy) is 4. The van der Waals surface area contributed by atoms with Crippen LogP contribution in [0.15, 0.2) is 72.9 Å². The third-order valence-electron chi connectivity index (χ3n) is 15.6. The van der Waals surface area contributed by atoms with E-state index in [-0.39, 0.29) is 25.7 Å². The number of aliphatic hydroxyl groups excluding tert-OH is 1. The highest BCUT2D eigenvalue weighted by atomic mass is 31.2. The number of unbranched alkanes of at least 4 members (excludes halogenated alkanes) is 32. The summed E-state index contributed by atoms with van der Waals surface area (Å²) < 4.78 is 68.3. The van der Waals surface area contributed by atoms with Crippen LogP contribution in [0.3, 0.4) is 0 Å². The van der Waals surface area contributed by atoms with Gasteiger partial charge in [-0.2, -0.15) is 0 Å². The topological polar surface area (TPSA) is 237 Å². The van der Waals surface area contributed by atoms with E-state index in [1.165, 1.54) is 77.0 Å². The standard InChI is InChI=1S/C75H134O17P2/c1-5-9-13-17-21-25-29-32-34-37-40-43-47-51-55-59-72(77)85-65-70(91-74(79)61-57-53-49-45-39-28-24-20-16-12-8-4)67-89-93(81,82)87-63-69(76)64-88-94(83,84)90-68-71(92-75(80)62-58-54-50-46-42-36-31-27-23-19-15-11-7-3)66-86-73(78)60-56-52-48-44-41-38-35-33-30-26-22-18-14-10-6-2/h10,14-15,19,22,26-27,31-35,69-71,76H,5-9,11-13,16-18,20-21,23-25,28-30,36-68H2,1-4H3,(H,81,82)(H,83,84)/b14-10-,19-15-,26-22-,31-27-,34-32-,35-33-. The predicted octanol–water partition coefficient (Wildman–Crippen LogP) is 20.9. The number of phosphoric acid groups is 2. The Morgan fingerprint density at radius 3 is 0.904 bits per heavy atom. The molecular weight excluding hydrogens is 1230 g/mol. The van der Waals surface area contributed by atoms with Gasteiger partial charge in [0.05, 0.1) is 26.4 Å². The summed E-state index contributed by atoms with van der Waals surface area (Å²) in [5.41, 5.74) is 0. The molecule has 0 spiro atoms. The van der Waals surface area contributed by atoms with Gasteiger partial charge in [-0.25, -0.2) is 9.13 Å². The molecule has 0 radical (unpaired) electrons. The second kappa shape index (κ2) is 68.0. The van der Waals surface area contributed by atoms with Crippen LogP contribution in [0.2, 0.25) is 0 Å². The molecule has 0 bridgehead atoms. The molecule has 0 aliphatic carbocycles. The summed E-state index contributed by atoms with van der Waals surface area (Å²) >= 11 is 0. The van der Waals surface area contributed by atoms with Crippen molar-refractivity contribution in [1.29, 1.82) is 0 Å². The summed E-state index contributed by atoms with van der Waals surface area (Å²) in [5, 5.41) is 10.6. The lowest BCUT2D eigenvalue weighted by Gasteiger charge is -2.21. The molecule has 3 N–H and O–H groups in total. The third kappa shape index (κ3) is 67.1. The predicted molar refractivity (Wildman–Crippen MR) is 381 cm³/mol. The molecule has 5 unspecified atom stereocenters. The van der Waals surface area contributed by atoms with Gasteiger partial charge in [-0.15, -0.1) is 0 Å². The number of allylic oxidation sites excluding steroid dienone is 12. The lowest BCUT2D eigenvalue weighted by Crippen LogP contribution is -2.30. The Hall–Kier alpha value is -3.50. The van der Waals surface area contributed by atoms with Crippen LogP contribution in [0.4, 0.5) is 0 Å². The zero-order valence-electron chi connectivity index (χ0n) is 59.4. The van der Waals surface area contributed by atoms with E-state index in [4.69, 9.17) is 37.0 Å². The lowest BCUT2D eigenvalue weighted by atomic mass is 10.1. The lowest BCUT2D eigenvalue weighted by molar-refractivity contribution is -0.161. The fourth-order valence-electron chi connectivity index (χ4n) is 9.97. The highest BCUT2D eigenvalue weighted by Crippen LogP contribution is 2.45. The number of rotatable bonds is 70. The Bertz CT molecular complexity index is 2070. The van der Waals surface area contributed by atoms with E-state index in [1.807, 2.05) is 0 Å². The maximum atomic E-state index is 13.0. The smallest absolute Gasteiger partial charge is 0.462 e. The van der Waals surface area contributed by atoms with Gasteiger partial charge in [0.15, 0.2) is 12.2 Å². The second-order valence-electron chi connectivity index (χ2n) is 24.9. The first kappa shape index (κ1) is 90.5. The molecule has 0 saturated carbocycles. The van der Waals surface area contributed by atoms with Crippen LogP contribution in [-0.4, -0.2) is 96.7 Å². The van der Waals surface area contributed by atoms with Crippen LogP contribution in [0.25, 0.3) is 0 Å². The molecule has 0 aliphatic rings. The summed E-state index contributed by atoms with van der Waals surface area (Å²) in [6.07, 6.45) is 66.2. The largest absolute Gasteiger partial charge is 0.472 e. The molecule has 0 aromatic rings. The molecule has 17 nitrogen and oxygen atoms in total. The molecule has 0 saturated heterocycles. The van der Waals surface area contributed by atoms with E-state index in [0.29, 0.717) is 25.7 Å². The van der Waals surface area contributed by atoms with Crippen molar-refractivity contribution in [2.75, 3.05) is 39.6 Å². The molecule has 0 aromatic carbocycles. The van der Waals surface area contributed by atoms with Crippen molar-refractivity contribution in [1.82, 2.24) is 0 Å². The summed E-state index contributed by atoms with van der Waals surface area (Å²) in [5.74, 6) is -2.20. The average Bonchev–Trinajstić information content (AvgIpc) is 1.55. The molecule has 0 heterocycles. The quantitative estimate of drug-likeness (QED) is 0.0169. The van der Waals surface area contributed by atoms with Crippen molar-refractivity contribution in [2.24, 2.45) is 0 Å². The van der Waals surface area contributed by atoms with Gasteiger partial charge in [0.2, 0.25) is 0 Å². The Balaban J connectivity index is 5.32. The van der Waals surface area contributed by atoms with Gasteiger partial charge in [0.25, 0.3) is 0 Å². The second-order valence-corrected chi connectivity index (χ2v) is 27.8. The molecule has 0 aliphatic heterocycles. The Morgan fingerprint density at radius 2 is 0.574 bits per heavy atom. The van der Waals surface area contributed by atoms with Gasteiger partial charge in [-0.3, -0.25) is 37.3 Å². The fraction of sp³-hybridized carbons (Fsp3) is 0.787. The number of hydrogen-bond donors (Lipinski definition) is 3. The van der Waals surface area contributed by atoms with E-state index in [2.05, 4.69) is 101 Å². The van der Waals surface area contributed by atoms with Gasteiger partial charge in [-0.05, 0) is 109 Å². The number of carbonyl (C=O) groups is 4. The Kier molecular flexibility index (Phi) is 65.5.